The quantitative estimate of drug-likeness (QED) is 0.209. The number of carbonyl (C=O) groups excluding carboxylic acids is 2. The lowest BCUT2D eigenvalue weighted by Gasteiger charge is -2.07. The molecule has 0 aliphatic rings. The number of hydrogen-bond donors (Lipinski definition) is 3. The average molecular weight is 562 g/mol. The number of rotatable bonds is 7. The summed E-state index contributed by atoms with van der Waals surface area (Å²) in [5.74, 6) is -1.02. The molecule has 13 heteroatoms. The van der Waals surface area contributed by atoms with Gasteiger partial charge in [-0.15, -0.1) is 22.7 Å². The van der Waals surface area contributed by atoms with E-state index in [-0.39, 0.29) is 23.1 Å². The van der Waals surface area contributed by atoms with Crippen LogP contribution in [0.3, 0.4) is 0 Å². The fourth-order valence-electron chi connectivity index (χ4n) is 3.43. The number of hydrogen-bond acceptors (Lipinski definition) is 7. The number of hydrazone groups is 1. The van der Waals surface area contributed by atoms with E-state index in [2.05, 4.69) is 20.9 Å². The normalized spacial score (nSPS) is 12.0. The summed E-state index contributed by atoms with van der Waals surface area (Å²) >= 11 is 2.14. The maximum atomic E-state index is 12.8. The summed E-state index contributed by atoms with van der Waals surface area (Å²) in [6.45, 7) is 3.73. The number of nitrogens with one attached hydrogen (secondary N) is 2. The molecule has 8 nitrogen and oxygen atoms in total. The Labute approximate surface area is 223 Å². The number of halogens is 3. The molecule has 0 unspecified atom stereocenters. The molecule has 1 aromatic carbocycles. The van der Waals surface area contributed by atoms with Gasteiger partial charge >= 0.3 is 6.18 Å². The molecule has 3 N–H and O–H groups in total. The molecular weight excluding hydrogens is 539 g/mol. The van der Waals surface area contributed by atoms with Gasteiger partial charge in [0, 0.05) is 18.1 Å². The van der Waals surface area contributed by atoms with Crippen LogP contribution in [-0.4, -0.2) is 32.4 Å². The van der Waals surface area contributed by atoms with Crippen LogP contribution in [0.5, 0.6) is 5.75 Å². The summed E-state index contributed by atoms with van der Waals surface area (Å²) < 4.78 is 40.2. The number of benzene rings is 1. The van der Waals surface area contributed by atoms with Crippen molar-refractivity contribution < 1.29 is 27.9 Å². The number of aromatic nitrogens is 2. The van der Waals surface area contributed by atoms with Gasteiger partial charge in [-0.1, -0.05) is 12.1 Å². The molecule has 38 heavy (non-hydrogen) atoms. The van der Waals surface area contributed by atoms with E-state index < -0.39 is 17.6 Å². The van der Waals surface area contributed by atoms with Gasteiger partial charge in [0.05, 0.1) is 43.7 Å². The summed E-state index contributed by atoms with van der Waals surface area (Å²) in [4.78, 5) is 26.0. The van der Waals surface area contributed by atoms with Gasteiger partial charge in [0.25, 0.3) is 11.8 Å². The third kappa shape index (κ3) is 5.94. The SMILES string of the molecule is CC(=NNC(=O)c1ccc(C(=O)NCc2cc(C)n(C)n2)s1)c1csc(-c2ccc(C(F)(F)F)cc2)c1O. The molecule has 198 valence electrons. The summed E-state index contributed by atoms with van der Waals surface area (Å²) in [7, 11) is 1.81. The minimum atomic E-state index is -4.45. The molecule has 0 aliphatic carbocycles. The van der Waals surface area contributed by atoms with Crippen molar-refractivity contribution in [2.24, 2.45) is 12.1 Å². The van der Waals surface area contributed by atoms with Crippen LogP contribution in [0.4, 0.5) is 13.2 Å². The molecule has 0 bridgehead atoms. The first-order chi connectivity index (χ1) is 17.9. The van der Waals surface area contributed by atoms with Crippen molar-refractivity contribution in [3.63, 3.8) is 0 Å². The van der Waals surface area contributed by atoms with E-state index in [1.54, 1.807) is 17.0 Å². The number of amides is 2. The Balaban J connectivity index is 1.38. The molecule has 4 aromatic rings. The maximum absolute atomic E-state index is 12.8. The molecule has 0 fully saturated rings. The van der Waals surface area contributed by atoms with Gasteiger partial charge in [-0.05, 0) is 49.7 Å². The molecule has 2 amide bonds. The fraction of sp³-hybridized carbons (Fsp3) is 0.200. The molecule has 3 heterocycles. The minimum absolute atomic E-state index is 0.150. The molecule has 0 aliphatic heterocycles. The molecule has 0 atom stereocenters. The highest BCUT2D eigenvalue weighted by molar-refractivity contribution is 7.16. The number of aryl methyl sites for hydroxylation is 2. The second-order valence-corrected chi connectivity index (χ2v) is 10.3. The Hall–Kier alpha value is -3.97. The van der Waals surface area contributed by atoms with E-state index >= 15 is 0 Å². The van der Waals surface area contributed by atoms with Crippen LogP contribution >= 0.6 is 22.7 Å². The van der Waals surface area contributed by atoms with Gasteiger partial charge in [-0.25, -0.2) is 5.43 Å². The van der Waals surface area contributed by atoms with Crippen LogP contribution in [0.15, 0.2) is 52.9 Å². The van der Waals surface area contributed by atoms with E-state index in [0.717, 1.165) is 46.2 Å². The second-order valence-electron chi connectivity index (χ2n) is 8.29. The lowest BCUT2D eigenvalue weighted by molar-refractivity contribution is -0.137. The number of nitrogens with zero attached hydrogens (tertiary/aromatic N) is 3. The van der Waals surface area contributed by atoms with E-state index in [4.69, 9.17) is 0 Å². The van der Waals surface area contributed by atoms with Crippen LogP contribution in [0.25, 0.3) is 10.4 Å². The lowest BCUT2D eigenvalue weighted by atomic mass is 10.1. The molecule has 3 aromatic heterocycles. The highest BCUT2D eigenvalue weighted by Crippen LogP contribution is 2.40. The number of aromatic hydroxyl groups is 1. The Kier molecular flexibility index (Phi) is 7.69. The zero-order valence-electron chi connectivity index (χ0n) is 20.4. The van der Waals surface area contributed by atoms with Crippen molar-refractivity contribution in [3.8, 4) is 16.2 Å². The third-order valence-corrected chi connectivity index (χ3v) is 7.70. The van der Waals surface area contributed by atoms with Crippen molar-refractivity contribution >= 4 is 40.2 Å². The van der Waals surface area contributed by atoms with E-state index in [0.29, 0.717) is 26.6 Å². The summed E-state index contributed by atoms with van der Waals surface area (Å²) in [6, 6.07) is 9.38. The summed E-state index contributed by atoms with van der Waals surface area (Å²) in [6.07, 6.45) is -4.45. The molecule has 0 spiro atoms. The van der Waals surface area contributed by atoms with Crippen LogP contribution in [0.2, 0.25) is 0 Å². The van der Waals surface area contributed by atoms with Crippen molar-refractivity contribution in [1.82, 2.24) is 20.5 Å². The van der Waals surface area contributed by atoms with Crippen LogP contribution in [0, 0.1) is 6.92 Å². The topological polar surface area (TPSA) is 109 Å². The first-order valence-electron chi connectivity index (χ1n) is 11.1. The van der Waals surface area contributed by atoms with Crippen LogP contribution < -0.4 is 10.7 Å². The summed E-state index contributed by atoms with van der Waals surface area (Å²) in [5, 5.41) is 23.3. The van der Waals surface area contributed by atoms with Gasteiger partial charge in [0.2, 0.25) is 0 Å². The van der Waals surface area contributed by atoms with Crippen molar-refractivity contribution in [2.75, 3.05) is 0 Å². The predicted molar refractivity (Wildman–Crippen MR) is 140 cm³/mol. The highest BCUT2D eigenvalue weighted by atomic mass is 32.1. The van der Waals surface area contributed by atoms with Crippen LogP contribution in [0.1, 0.15) is 48.8 Å². The Bertz CT molecular complexity index is 1500. The van der Waals surface area contributed by atoms with Gasteiger partial charge in [0.15, 0.2) is 0 Å². The van der Waals surface area contributed by atoms with Crippen LogP contribution in [-0.2, 0) is 19.8 Å². The smallest absolute Gasteiger partial charge is 0.416 e. The monoisotopic (exact) mass is 561 g/mol. The Morgan fingerprint density at radius 2 is 1.76 bits per heavy atom. The van der Waals surface area contributed by atoms with Crippen molar-refractivity contribution in [3.05, 3.63) is 80.1 Å². The van der Waals surface area contributed by atoms with Crippen molar-refractivity contribution in [1.29, 1.82) is 0 Å². The largest absolute Gasteiger partial charge is 0.506 e. The van der Waals surface area contributed by atoms with E-state index in [1.165, 1.54) is 24.3 Å². The molecule has 0 radical (unpaired) electrons. The van der Waals surface area contributed by atoms with E-state index in [9.17, 15) is 27.9 Å². The van der Waals surface area contributed by atoms with Gasteiger partial charge in [-0.2, -0.15) is 23.4 Å². The minimum Gasteiger partial charge on any atom is -0.506 e. The third-order valence-electron chi connectivity index (χ3n) is 5.60. The molecular formula is C25H22F3N5O3S2. The molecule has 4 rings (SSSR count). The second kappa shape index (κ2) is 10.8. The lowest BCUT2D eigenvalue weighted by Crippen LogP contribution is -2.22. The number of carbonyl (C=O) groups is 2. The number of thiophene rings is 2. The molecule has 0 saturated carbocycles. The van der Waals surface area contributed by atoms with E-state index in [1.807, 2.05) is 20.0 Å². The van der Waals surface area contributed by atoms with Gasteiger partial charge in [-0.3, -0.25) is 14.3 Å². The van der Waals surface area contributed by atoms with Gasteiger partial charge in [0.1, 0.15) is 5.75 Å². The summed E-state index contributed by atoms with van der Waals surface area (Å²) in [5.41, 5.74) is 4.35. The maximum Gasteiger partial charge on any atom is 0.416 e. The zero-order valence-corrected chi connectivity index (χ0v) is 22.0. The first-order valence-corrected chi connectivity index (χ1v) is 12.8. The predicted octanol–water partition coefficient (Wildman–Crippen LogP) is 5.33. The Morgan fingerprint density at radius 1 is 1.11 bits per heavy atom. The van der Waals surface area contributed by atoms with Crippen molar-refractivity contribution in [2.45, 2.75) is 26.6 Å². The zero-order chi connectivity index (χ0) is 27.6. The standard InChI is InChI=1S/C25H22F3N5O3S2/c1-13-10-17(32-33(13)3)11-29-23(35)19-8-9-20(38-19)24(36)31-30-14(2)18-12-37-22(21(18)34)15-4-6-16(7-5-15)25(26,27)28/h4-10,12,34H,11H2,1-3H3,(H,29,35)(H,31,36). The molecule has 0 saturated heterocycles. The highest BCUT2D eigenvalue weighted by Gasteiger charge is 2.30. The number of alkyl halides is 3. The van der Waals surface area contributed by atoms with Gasteiger partial charge < -0.3 is 10.4 Å². The first kappa shape index (κ1) is 27.1. The Morgan fingerprint density at radius 3 is 2.37 bits per heavy atom. The fourth-order valence-corrected chi connectivity index (χ4v) is 5.26. The average Bonchev–Trinajstić information content (AvgIpc) is 3.59.